The van der Waals surface area contributed by atoms with Gasteiger partial charge in [0.1, 0.15) is 0 Å². The molecular weight excluding hydrogens is 286 g/mol. The van der Waals surface area contributed by atoms with Gasteiger partial charge < -0.3 is 13.9 Å². The quantitative estimate of drug-likeness (QED) is 0.758. The summed E-state index contributed by atoms with van der Waals surface area (Å²) in [5.74, 6) is -1.94. The molecule has 0 radical (unpaired) electrons. The summed E-state index contributed by atoms with van der Waals surface area (Å²) in [6, 6.07) is 1.92. The highest BCUT2D eigenvalue weighted by Crippen LogP contribution is 2.47. The smallest absolute Gasteiger partial charge is 0.421 e. The van der Waals surface area contributed by atoms with E-state index in [-0.39, 0.29) is 17.6 Å². The maximum atomic E-state index is 13.1. The van der Waals surface area contributed by atoms with E-state index in [0.29, 0.717) is 0 Å². The number of ether oxygens (including phenoxy) is 2. The molecule has 2 aromatic rings. The summed E-state index contributed by atoms with van der Waals surface area (Å²) in [4.78, 5) is 11.5. The maximum Gasteiger partial charge on any atom is 0.507 e. The molecule has 0 fully saturated rings. The molecule has 0 atom stereocenters. The van der Waals surface area contributed by atoms with Crippen LogP contribution in [0, 0.1) is 0 Å². The topological polar surface area (TPSA) is 53.6 Å². The lowest BCUT2D eigenvalue weighted by molar-refractivity contribution is -0.391. The standard InChI is InChI=1S/C11H7F4NO4/c1-2-16-5-3-7-8(4-6(5)18-9(16)17)20-11(14,15)10(12,13)19-7/h3-4H,2H2,1H3. The summed E-state index contributed by atoms with van der Waals surface area (Å²) in [6.07, 6.45) is -9.60. The molecule has 0 unspecified atom stereocenters. The van der Waals surface area contributed by atoms with E-state index in [1.54, 1.807) is 6.92 Å². The first-order valence-corrected chi connectivity index (χ1v) is 5.56. The molecule has 0 amide bonds. The number of benzene rings is 1. The minimum Gasteiger partial charge on any atom is -0.421 e. The lowest BCUT2D eigenvalue weighted by Crippen LogP contribution is -2.52. The predicted molar refractivity (Wildman–Crippen MR) is 57.3 cm³/mol. The van der Waals surface area contributed by atoms with Gasteiger partial charge in [-0.2, -0.15) is 17.6 Å². The van der Waals surface area contributed by atoms with Crippen LogP contribution in [0.1, 0.15) is 6.92 Å². The number of aromatic nitrogens is 1. The molecule has 1 aliphatic heterocycles. The van der Waals surface area contributed by atoms with E-state index in [4.69, 9.17) is 4.42 Å². The fourth-order valence-electron chi connectivity index (χ4n) is 1.92. The van der Waals surface area contributed by atoms with Crippen molar-refractivity contribution in [2.45, 2.75) is 25.7 Å². The minimum atomic E-state index is -4.80. The van der Waals surface area contributed by atoms with Crippen LogP contribution in [-0.4, -0.2) is 16.8 Å². The van der Waals surface area contributed by atoms with Crippen molar-refractivity contribution in [3.63, 3.8) is 0 Å². The number of fused-ring (bicyclic) bond motifs is 2. The minimum absolute atomic E-state index is 0.0554. The van der Waals surface area contributed by atoms with Gasteiger partial charge in [0.2, 0.25) is 0 Å². The molecule has 0 N–H and O–H groups in total. The first-order valence-electron chi connectivity index (χ1n) is 5.56. The summed E-state index contributed by atoms with van der Waals surface area (Å²) in [7, 11) is 0. The molecule has 0 saturated heterocycles. The molecule has 3 rings (SSSR count). The molecule has 20 heavy (non-hydrogen) atoms. The van der Waals surface area contributed by atoms with Crippen LogP contribution in [0.3, 0.4) is 0 Å². The maximum absolute atomic E-state index is 13.1. The van der Waals surface area contributed by atoms with Crippen molar-refractivity contribution in [3.05, 3.63) is 22.7 Å². The van der Waals surface area contributed by atoms with E-state index in [9.17, 15) is 22.4 Å². The molecule has 1 aromatic carbocycles. The van der Waals surface area contributed by atoms with E-state index in [1.165, 1.54) is 0 Å². The number of alkyl halides is 4. The zero-order valence-electron chi connectivity index (χ0n) is 9.95. The van der Waals surface area contributed by atoms with Gasteiger partial charge in [0.15, 0.2) is 17.1 Å². The third-order valence-electron chi connectivity index (χ3n) is 2.87. The van der Waals surface area contributed by atoms with Crippen LogP contribution in [-0.2, 0) is 6.54 Å². The second kappa shape index (κ2) is 3.68. The third-order valence-corrected chi connectivity index (χ3v) is 2.87. The van der Waals surface area contributed by atoms with Gasteiger partial charge in [0.05, 0.1) is 5.52 Å². The van der Waals surface area contributed by atoms with Crippen molar-refractivity contribution >= 4 is 11.1 Å². The molecule has 9 heteroatoms. The van der Waals surface area contributed by atoms with Gasteiger partial charge in [-0.05, 0) is 6.92 Å². The van der Waals surface area contributed by atoms with Crippen molar-refractivity contribution < 1.29 is 31.5 Å². The monoisotopic (exact) mass is 293 g/mol. The van der Waals surface area contributed by atoms with Crippen molar-refractivity contribution in [3.8, 4) is 11.5 Å². The van der Waals surface area contributed by atoms with E-state index in [1.807, 2.05) is 0 Å². The van der Waals surface area contributed by atoms with Crippen LogP contribution >= 0.6 is 0 Å². The molecule has 1 aliphatic rings. The Morgan fingerprint density at radius 1 is 1.10 bits per heavy atom. The largest absolute Gasteiger partial charge is 0.507 e. The molecule has 0 aliphatic carbocycles. The van der Waals surface area contributed by atoms with Crippen LogP contribution in [0.25, 0.3) is 11.1 Å². The van der Waals surface area contributed by atoms with Crippen molar-refractivity contribution in [1.82, 2.24) is 4.57 Å². The Morgan fingerprint density at radius 3 is 2.20 bits per heavy atom. The van der Waals surface area contributed by atoms with Gasteiger partial charge in [-0.15, -0.1) is 0 Å². The van der Waals surface area contributed by atoms with Gasteiger partial charge in [-0.3, -0.25) is 4.57 Å². The van der Waals surface area contributed by atoms with Crippen LogP contribution in [0.2, 0.25) is 0 Å². The van der Waals surface area contributed by atoms with Crippen LogP contribution < -0.4 is 15.2 Å². The van der Waals surface area contributed by atoms with Crippen molar-refractivity contribution in [2.24, 2.45) is 0 Å². The van der Waals surface area contributed by atoms with Crippen molar-refractivity contribution in [2.75, 3.05) is 0 Å². The number of oxazole rings is 1. The van der Waals surface area contributed by atoms with Gasteiger partial charge in [0, 0.05) is 18.7 Å². The fraction of sp³-hybridized carbons (Fsp3) is 0.364. The highest BCUT2D eigenvalue weighted by Gasteiger charge is 2.66. The summed E-state index contributed by atoms with van der Waals surface area (Å²) in [6.45, 7) is 1.86. The molecule has 0 bridgehead atoms. The molecule has 1 aromatic heterocycles. The van der Waals surface area contributed by atoms with E-state index in [2.05, 4.69) is 9.47 Å². The highest BCUT2D eigenvalue weighted by atomic mass is 19.3. The summed E-state index contributed by atoms with van der Waals surface area (Å²) >= 11 is 0. The molecule has 0 saturated carbocycles. The normalized spacial score (nSPS) is 19.2. The van der Waals surface area contributed by atoms with Crippen LogP contribution in [0.4, 0.5) is 17.6 Å². The third kappa shape index (κ3) is 1.58. The van der Waals surface area contributed by atoms with Gasteiger partial charge in [-0.25, -0.2) is 4.79 Å². The highest BCUT2D eigenvalue weighted by molar-refractivity contribution is 5.78. The molecule has 0 spiro atoms. The Morgan fingerprint density at radius 2 is 1.65 bits per heavy atom. The van der Waals surface area contributed by atoms with Crippen LogP contribution in [0.5, 0.6) is 11.5 Å². The predicted octanol–water partition coefficient (Wildman–Crippen LogP) is 2.57. The van der Waals surface area contributed by atoms with Crippen LogP contribution in [0.15, 0.2) is 21.3 Å². The molecule has 5 nitrogen and oxygen atoms in total. The number of hydrogen-bond donors (Lipinski definition) is 0. The Labute approximate surface area is 108 Å². The van der Waals surface area contributed by atoms with Gasteiger partial charge in [-0.1, -0.05) is 0 Å². The van der Waals surface area contributed by atoms with Gasteiger partial charge >= 0.3 is 18.0 Å². The Bertz CT molecular complexity index is 749. The number of rotatable bonds is 1. The number of nitrogens with zero attached hydrogens (tertiary/aromatic N) is 1. The zero-order chi connectivity index (χ0) is 14.7. The average Bonchev–Trinajstić information content (AvgIpc) is 2.61. The van der Waals surface area contributed by atoms with Gasteiger partial charge in [0.25, 0.3) is 0 Å². The second-order valence-electron chi connectivity index (χ2n) is 4.12. The SMILES string of the molecule is CCn1c(=O)oc2cc3c(cc21)OC(F)(F)C(F)(F)O3. The Hall–Kier alpha value is -2.19. The average molecular weight is 293 g/mol. The number of halogens is 4. The van der Waals surface area contributed by atoms with E-state index in [0.717, 1.165) is 16.7 Å². The second-order valence-corrected chi connectivity index (χ2v) is 4.12. The lowest BCUT2D eigenvalue weighted by atomic mass is 10.2. The Balaban J connectivity index is 2.23. The molecule has 2 heterocycles. The van der Waals surface area contributed by atoms with Crippen molar-refractivity contribution in [1.29, 1.82) is 0 Å². The fourth-order valence-corrected chi connectivity index (χ4v) is 1.92. The first kappa shape index (κ1) is 12.8. The molecular formula is C11H7F4NO4. The molecule has 108 valence electrons. The van der Waals surface area contributed by atoms with E-state index >= 15 is 0 Å². The first-order chi connectivity index (χ1) is 9.25. The Kier molecular flexibility index (Phi) is 2.36. The van der Waals surface area contributed by atoms with E-state index < -0.39 is 29.5 Å². The number of aryl methyl sites for hydroxylation is 1. The number of hydrogen-bond acceptors (Lipinski definition) is 4. The summed E-state index contributed by atoms with van der Waals surface area (Å²) in [5, 5.41) is 0. The lowest BCUT2D eigenvalue weighted by Gasteiger charge is -2.31. The zero-order valence-corrected chi connectivity index (χ0v) is 9.95. The summed E-state index contributed by atoms with van der Waals surface area (Å²) in [5.41, 5.74) is 0.0982. The summed E-state index contributed by atoms with van der Waals surface area (Å²) < 4.78 is 66.0.